The Balaban J connectivity index is 1.76. The molecular weight excluding hydrogens is 522 g/mol. The van der Waals surface area contributed by atoms with Gasteiger partial charge in [0.15, 0.2) is 23.1 Å². The van der Waals surface area contributed by atoms with E-state index in [2.05, 4.69) is 44.7 Å². The van der Waals surface area contributed by atoms with Gasteiger partial charge in [0.25, 0.3) is 0 Å². The molecule has 40 heavy (non-hydrogen) atoms. The predicted octanol–water partition coefficient (Wildman–Crippen LogP) is 8.02. The lowest BCUT2D eigenvalue weighted by atomic mass is 9.63. The average Bonchev–Trinajstić information content (AvgIpc) is 2.87. The van der Waals surface area contributed by atoms with E-state index in [1.54, 1.807) is 7.11 Å². The van der Waals surface area contributed by atoms with Crippen LogP contribution in [0.2, 0.25) is 5.02 Å². The fourth-order valence-electron chi connectivity index (χ4n) is 6.59. The molecule has 0 spiro atoms. The molecular formula is C34H40ClNO4. The number of benzene rings is 2. The van der Waals surface area contributed by atoms with E-state index in [9.17, 15) is 9.59 Å². The van der Waals surface area contributed by atoms with E-state index in [1.165, 1.54) is 0 Å². The standard InChI is InChI=1S/C34H40ClNO4/c1-7-13-40-32-23(35)14-22(15-28(32)39-6)29-30-24(16-33(2,3)18-26(30)37)36(20-21-11-9-8-10-12-21)25-17-34(4,5)19-27(38)31(25)29/h8-12,14-15,29H,7,13,16-20H2,1-6H3. The van der Waals surface area contributed by atoms with Gasteiger partial charge in [-0.25, -0.2) is 0 Å². The van der Waals surface area contributed by atoms with E-state index in [0.29, 0.717) is 42.5 Å². The zero-order chi connectivity index (χ0) is 28.8. The second-order valence-corrected chi connectivity index (χ2v) is 13.4. The van der Waals surface area contributed by atoms with Crippen LogP contribution in [0, 0.1) is 10.8 Å². The van der Waals surface area contributed by atoms with Gasteiger partial charge in [-0.3, -0.25) is 9.59 Å². The Morgan fingerprint density at radius 1 is 0.900 bits per heavy atom. The third kappa shape index (κ3) is 5.33. The summed E-state index contributed by atoms with van der Waals surface area (Å²) in [5.41, 5.74) is 5.08. The van der Waals surface area contributed by atoms with Crippen molar-refractivity contribution in [2.45, 2.75) is 79.2 Å². The molecule has 2 aliphatic carbocycles. The summed E-state index contributed by atoms with van der Waals surface area (Å²) >= 11 is 6.80. The Hall–Kier alpha value is -3.05. The van der Waals surface area contributed by atoms with Crippen molar-refractivity contribution in [3.8, 4) is 11.5 Å². The maximum Gasteiger partial charge on any atom is 0.179 e. The van der Waals surface area contributed by atoms with Gasteiger partial charge in [0.1, 0.15) is 0 Å². The van der Waals surface area contributed by atoms with Gasteiger partial charge in [-0.1, -0.05) is 76.6 Å². The van der Waals surface area contributed by atoms with E-state index in [4.69, 9.17) is 21.1 Å². The van der Waals surface area contributed by atoms with Crippen LogP contribution in [0.15, 0.2) is 65.0 Å². The maximum atomic E-state index is 14.1. The number of allylic oxidation sites excluding steroid dienone is 4. The van der Waals surface area contributed by atoms with Crippen molar-refractivity contribution >= 4 is 23.2 Å². The van der Waals surface area contributed by atoms with Crippen LogP contribution in [0.4, 0.5) is 0 Å². The summed E-state index contributed by atoms with van der Waals surface area (Å²) in [5.74, 6) is 0.710. The van der Waals surface area contributed by atoms with Crippen LogP contribution in [0.3, 0.4) is 0 Å². The maximum absolute atomic E-state index is 14.1. The first-order valence-corrected chi connectivity index (χ1v) is 14.7. The van der Waals surface area contributed by atoms with Gasteiger partial charge in [0.05, 0.1) is 18.7 Å². The highest BCUT2D eigenvalue weighted by Crippen LogP contribution is 2.55. The molecule has 0 atom stereocenters. The predicted molar refractivity (Wildman–Crippen MR) is 159 cm³/mol. The molecule has 0 radical (unpaired) electrons. The largest absolute Gasteiger partial charge is 0.493 e. The number of hydrogen-bond donors (Lipinski definition) is 0. The monoisotopic (exact) mass is 561 g/mol. The summed E-state index contributed by atoms with van der Waals surface area (Å²) in [6, 6.07) is 14.1. The molecule has 5 nitrogen and oxygen atoms in total. The molecule has 1 aliphatic heterocycles. The van der Waals surface area contributed by atoms with Crippen LogP contribution >= 0.6 is 11.6 Å². The van der Waals surface area contributed by atoms with Crippen molar-refractivity contribution in [1.82, 2.24) is 4.90 Å². The first-order valence-electron chi connectivity index (χ1n) is 14.3. The minimum absolute atomic E-state index is 0.0971. The van der Waals surface area contributed by atoms with Crippen LogP contribution < -0.4 is 9.47 Å². The molecule has 0 aromatic heterocycles. The van der Waals surface area contributed by atoms with Gasteiger partial charge in [0, 0.05) is 47.8 Å². The number of nitrogens with zero attached hydrogens (tertiary/aromatic N) is 1. The van der Waals surface area contributed by atoms with Crippen molar-refractivity contribution in [1.29, 1.82) is 0 Å². The highest BCUT2D eigenvalue weighted by atomic mass is 35.5. The summed E-state index contributed by atoms with van der Waals surface area (Å²) < 4.78 is 11.6. The number of hydrogen-bond acceptors (Lipinski definition) is 5. The van der Waals surface area contributed by atoms with Gasteiger partial charge in [-0.2, -0.15) is 0 Å². The summed E-state index contributed by atoms with van der Waals surface area (Å²) in [4.78, 5) is 30.4. The Bertz CT molecular complexity index is 1350. The van der Waals surface area contributed by atoms with Gasteiger partial charge in [0.2, 0.25) is 0 Å². The molecule has 1 heterocycles. The molecule has 0 unspecified atom stereocenters. The van der Waals surface area contributed by atoms with Crippen LogP contribution in [-0.4, -0.2) is 30.2 Å². The lowest BCUT2D eigenvalue weighted by Crippen LogP contribution is -2.44. The molecule has 0 fully saturated rings. The first-order chi connectivity index (χ1) is 18.9. The number of carbonyl (C=O) groups excluding carboxylic acids is 2. The molecule has 2 aromatic carbocycles. The van der Waals surface area contributed by atoms with Crippen LogP contribution in [-0.2, 0) is 16.1 Å². The molecule has 6 heteroatoms. The zero-order valence-corrected chi connectivity index (χ0v) is 25.3. The second-order valence-electron chi connectivity index (χ2n) is 13.0. The van der Waals surface area contributed by atoms with E-state index in [0.717, 1.165) is 52.9 Å². The van der Waals surface area contributed by atoms with Crippen molar-refractivity contribution in [3.05, 3.63) is 81.2 Å². The second kappa shape index (κ2) is 10.7. The molecule has 2 aromatic rings. The smallest absolute Gasteiger partial charge is 0.179 e. The quantitative estimate of drug-likeness (QED) is 0.342. The van der Waals surface area contributed by atoms with E-state index >= 15 is 0 Å². The number of rotatable bonds is 7. The van der Waals surface area contributed by atoms with Crippen LogP contribution in [0.25, 0.3) is 0 Å². The van der Waals surface area contributed by atoms with Crippen LogP contribution in [0.5, 0.6) is 11.5 Å². The highest BCUT2D eigenvalue weighted by Gasteiger charge is 2.49. The fraction of sp³-hybridized carbons (Fsp3) is 0.471. The van der Waals surface area contributed by atoms with E-state index in [1.807, 2.05) is 37.3 Å². The number of methoxy groups -OCH3 is 1. The minimum atomic E-state index is -0.490. The number of ketones is 2. The number of halogens is 1. The number of Topliss-reactive ketones (excluding diaryl/α,β-unsaturated/α-hetero) is 2. The average molecular weight is 562 g/mol. The van der Waals surface area contributed by atoms with E-state index in [-0.39, 0.29) is 22.4 Å². The zero-order valence-electron chi connectivity index (χ0n) is 24.5. The summed E-state index contributed by atoms with van der Waals surface area (Å²) in [6.45, 7) is 11.8. The third-order valence-corrected chi connectivity index (χ3v) is 8.52. The summed E-state index contributed by atoms with van der Waals surface area (Å²) in [6.07, 6.45) is 3.22. The topological polar surface area (TPSA) is 55.8 Å². The Labute approximate surface area is 243 Å². The van der Waals surface area contributed by atoms with Crippen molar-refractivity contribution in [3.63, 3.8) is 0 Å². The summed E-state index contributed by atoms with van der Waals surface area (Å²) in [7, 11) is 1.59. The Kier molecular flexibility index (Phi) is 7.64. The molecule has 0 amide bonds. The van der Waals surface area contributed by atoms with Gasteiger partial charge in [-0.05, 0) is 53.4 Å². The molecule has 0 saturated carbocycles. The minimum Gasteiger partial charge on any atom is -0.493 e. The van der Waals surface area contributed by atoms with Gasteiger partial charge in [-0.15, -0.1) is 0 Å². The molecule has 3 aliphatic rings. The van der Waals surface area contributed by atoms with Crippen molar-refractivity contribution in [2.24, 2.45) is 10.8 Å². The van der Waals surface area contributed by atoms with E-state index < -0.39 is 5.92 Å². The third-order valence-electron chi connectivity index (χ3n) is 8.24. The number of carbonyl (C=O) groups is 2. The lowest BCUT2D eigenvalue weighted by Gasteiger charge is -2.49. The molecule has 0 bridgehead atoms. The van der Waals surface area contributed by atoms with Crippen molar-refractivity contribution < 1.29 is 19.1 Å². The summed E-state index contributed by atoms with van der Waals surface area (Å²) in [5, 5.41) is 0.422. The molecule has 0 N–H and O–H groups in total. The lowest BCUT2D eigenvalue weighted by molar-refractivity contribution is -0.119. The highest BCUT2D eigenvalue weighted by molar-refractivity contribution is 6.32. The Morgan fingerprint density at radius 2 is 1.48 bits per heavy atom. The fourth-order valence-corrected chi connectivity index (χ4v) is 6.86. The Morgan fingerprint density at radius 3 is 2.00 bits per heavy atom. The first kappa shape index (κ1) is 28.5. The normalized spacial score (nSPS) is 20.4. The van der Waals surface area contributed by atoms with Gasteiger partial charge >= 0.3 is 0 Å². The van der Waals surface area contributed by atoms with Crippen molar-refractivity contribution in [2.75, 3.05) is 13.7 Å². The molecule has 212 valence electrons. The SMILES string of the molecule is CCCOc1c(Cl)cc(C2C3=C(CC(C)(C)CC3=O)N(Cc3ccccc3)C3=C2C(=O)CC(C)(C)C3)cc1OC. The molecule has 5 rings (SSSR count). The van der Waals surface area contributed by atoms with Crippen LogP contribution in [0.1, 0.15) is 83.8 Å². The van der Waals surface area contributed by atoms with Gasteiger partial charge < -0.3 is 14.4 Å². The molecule has 0 saturated heterocycles. The number of ether oxygens (including phenoxy) is 2.